The molecule has 3 rings (SSSR count). The number of ether oxygens (including phenoxy) is 1. The third-order valence-electron chi connectivity index (χ3n) is 4.67. The first-order chi connectivity index (χ1) is 14.4. The predicted octanol–water partition coefficient (Wildman–Crippen LogP) is 3.72. The molecule has 1 aliphatic heterocycles. The molecule has 10 heteroatoms. The van der Waals surface area contributed by atoms with Crippen LogP contribution in [0.25, 0.3) is 0 Å². The lowest BCUT2D eigenvalue weighted by atomic mass is 10.1. The summed E-state index contributed by atoms with van der Waals surface area (Å²) in [6, 6.07) is 5.31. The topological polar surface area (TPSA) is 83.6 Å². The van der Waals surface area contributed by atoms with Crippen molar-refractivity contribution in [3.8, 4) is 5.75 Å². The number of nitrogens with one attached hydrogen (secondary N) is 2. The van der Waals surface area contributed by atoms with Gasteiger partial charge in [-0.15, -0.1) is 11.3 Å². The van der Waals surface area contributed by atoms with Crippen molar-refractivity contribution < 1.29 is 14.3 Å². The lowest BCUT2D eigenvalue weighted by Gasteiger charge is -2.32. The maximum absolute atomic E-state index is 12.2. The zero-order valence-electron chi connectivity index (χ0n) is 16.6. The number of anilines is 1. The van der Waals surface area contributed by atoms with E-state index < -0.39 is 0 Å². The van der Waals surface area contributed by atoms with E-state index >= 15 is 0 Å². The first kappa shape index (κ1) is 22.8. The van der Waals surface area contributed by atoms with Crippen molar-refractivity contribution in [3.63, 3.8) is 0 Å². The molecule has 1 aromatic heterocycles. The number of thiazole rings is 1. The maximum Gasteiger partial charge on any atom is 0.270 e. The number of nitrogens with zero attached hydrogens (tertiary/aromatic N) is 2. The number of Topliss-reactive ketones (excluding diaryl/α,β-unsaturated/α-hetero) is 1. The first-order valence-corrected chi connectivity index (χ1v) is 11.4. The number of carbonyl (C=O) groups is 2. The minimum absolute atomic E-state index is 0.0161. The van der Waals surface area contributed by atoms with Crippen molar-refractivity contribution in [3.05, 3.63) is 39.3 Å². The standard InChI is InChI=1S/C20H24Cl2N4O3S/c1-13(27)11-24-20-25-18(12-30-20)19(28)23-6-9-26-7-4-14(5-8-26)29-15-2-3-16(21)17(22)10-15/h2-3,10,12,14H,4-9,11H2,1H3,(H,23,28)(H,24,25). The van der Waals surface area contributed by atoms with E-state index in [1.165, 1.54) is 18.3 Å². The van der Waals surface area contributed by atoms with E-state index in [4.69, 9.17) is 27.9 Å². The third-order valence-corrected chi connectivity index (χ3v) is 6.21. The molecule has 2 N–H and O–H groups in total. The normalized spacial score (nSPS) is 15.0. The van der Waals surface area contributed by atoms with Gasteiger partial charge in [0.15, 0.2) is 5.13 Å². The number of likely N-dealkylation sites (tertiary alicyclic amines) is 1. The van der Waals surface area contributed by atoms with Crippen LogP contribution in [0.15, 0.2) is 23.6 Å². The average Bonchev–Trinajstić information content (AvgIpc) is 3.20. The van der Waals surface area contributed by atoms with Gasteiger partial charge >= 0.3 is 0 Å². The highest BCUT2D eigenvalue weighted by atomic mass is 35.5. The fourth-order valence-electron chi connectivity index (χ4n) is 3.07. The summed E-state index contributed by atoms with van der Waals surface area (Å²) in [6.45, 7) is 4.82. The van der Waals surface area contributed by atoms with Gasteiger partial charge in [0.05, 0.1) is 16.6 Å². The average molecular weight is 471 g/mol. The molecule has 162 valence electrons. The van der Waals surface area contributed by atoms with Crippen LogP contribution in [-0.4, -0.2) is 60.4 Å². The van der Waals surface area contributed by atoms with E-state index in [2.05, 4.69) is 20.5 Å². The minimum Gasteiger partial charge on any atom is -0.490 e. The number of rotatable bonds is 9. The van der Waals surface area contributed by atoms with E-state index in [1.807, 2.05) is 6.07 Å². The Morgan fingerprint density at radius 2 is 2.03 bits per heavy atom. The summed E-state index contributed by atoms with van der Waals surface area (Å²) in [7, 11) is 0. The van der Waals surface area contributed by atoms with Crippen molar-refractivity contribution in [2.75, 3.05) is 38.0 Å². The van der Waals surface area contributed by atoms with Crippen LogP contribution in [0.2, 0.25) is 10.0 Å². The molecule has 1 aliphatic rings. The summed E-state index contributed by atoms with van der Waals surface area (Å²) in [6.07, 6.45) is 1.96. The highest BCUT2D eigenvalue weighted by Gasteiger charge is 2.21. The van der Waals surface area contributed by atoms with Gasteiger partial charge in [0, 0.05) is 37.6 Å². The molecule has 2 aromatic rings. The molecule has 2 heterocycles. The van der Waals surface area contributed by atoms with Crippen LogP contribution in [-0.2, 0) is 4.79 Å². The zero-order chi connectivity index (χ0) is 21.5. The van der Waals surface area contributed by atoms with Crippen molar-refractivity contribution in [2.24, 2.45) is 0 Å². The van der Waals surface area contributed by atoms with Crippen molar-refractivity contribution in [1.82, 2.24) is 15.2 Å². The second-order valence-corrected chi connectivity index (χ2v) is 8.76. The highest BCUT2D eigenvalue weighted by Crippen LogP contribution is 2.28. The molecule has 0 atom stereocenters. The Labute approximate surface area is 189 Å². The van der Waals surface area contributed by atoms with Crippen LogP contribution >= 0.6 is 34.5 Å². The Balaban J connectivity index is 1.35. The zero-order valence-corrected chi connectivity index (χ0v) is 18.9. The van der Waals surface area contributed by atoms with Gasteiger partial charge in [0.1, 0.15) is 23.3 Å². The van der Waals surface area contributed by atoms with Gasteiger partial charge < -0.3 is 20.3 Å². The Morgan fingerprint density at radius 3 is 2.73 bits per heavy atom. The van der Waals surface area contributed by atoms with Crippen molar-refractivity contribution >= 4 is 51.4 Å². The summed E-state index contributed by atoms with van der Waals surface area (Å²) >= 11 is 13.3. The van der Waals surface area contributed by atoms with Crippen LogP contribution in [0.3, 0.4) is 0 Å². The van der Waals surface area contributed by atoms with Gasteiger partial charge in [0.25, 0.3) is 5.91 Å². The molecule has 1 aromatic carbocycles. The predicted molar refractivity (Wildman–Crippen MR) is 120 cm³/mol. The molecule has 0 radical (unpaired) electrons. The molecule has 1 amide bonds. The maximum atomic E-state index is 12.2. The number of hydrogen-bond acceptors (Lipinski definition) is 7. The second kappa shape index (κ2) is 10.9. The number of halogens is 2. The molecule has 0 aliphatic carbocycles. The molecule has 1 saturated heterocycles. The Hall–Kier alpha value is -1.87. The lowest BCUT2D eigenvalue weighted by Crippen LogP contribution is -2.42. The number of amides is 1. The van der Waals surface area contributed by atoms with Gasteiger partial charge in [-0.1, -0.05) is 23.2 Å². The Bertz CT molecular complexity index is 885. The summed E-state index contributed by atoms with van der Waals surface area (Å²) < 4.78 is 6.00. The van der Waals surface area contributed by atoms with Crippen molar-refractivity contribution in [1.29, 1.82) is 0 Å². The quantitative estimate of drug-likeness (QED) is 0.580. The van der Waals surface area contributed by atoms with Gasteiger partial charge in [-0.2, -0.15) is 0 Å². The van der Waals surface area contributed by atoms with Gasteiger partial charge in [0.2, 0.25) is 0 Å². The van der Waals surface area contributed by atoms with E-state index in [1.54, 1.807) is 17.5 Å². The number of hydrogen-bond donors (Lipinski definition) is 2. The molecule has 0 spiro atoms. The minimum atomic E-state index is -0.208. The number of aromatic nitrogens is 1. The van der Waals surface area contributed by atoms with Crippen LogP contribution in [0.1, 0.15) is 30.3 Å². The summed E-state index contributed by atoms with van der Waals surface area (Å²) in [4.78, 5) is 29.7. The van der Waals surface area contributed by atoms with Crippen LogP contribution in [0.5, 0.6) is 5.75 Å². The first-order valence-electron chi connectivity index (χ1n) is 9.72. The number of ketones is 1. The van der Waals surface area contributed by atoms with Gasteiger partial charge in [-0.3, -0.25) is 9.59 Å². The summed E-state index contributed by atoms with van der Waals surface area (Å²) in [5.74, 6) is 0.540. The Morgan fingerprint density at radius 1 is 1.27 bits per heavy atom. The van der Waals surface area contributed by atoms with E-state index in [0.29, 0.717) is 27.4 Å². The van der Waals surface area contributed by atoms with Gasteiger partial charge in [-0.05, 0) is 31.9 Å². The van der Waals surface area contributed by atoms with Crippen molar-refractivity contribution in [2.45, 2.75) is 25.9 Å². The monoisotopic (exact) mass is 470 g/mol. The van der Waals surface area contributed by atoms with E-state index in [9.17, 15) is 9.59 Å². The SMILES string of the molecule is CC(=O)CNc1nc(C(=O)NCCN2CCC(Oc3ccc(Cl)c(Cl)c3)CC2)cs1. The van der Waals surface area contributed by atoms with Crippen LogP contribution in [0.4, 0.5) is 5.13 Å². The number of benzene rings is 1. The number of carbonyl (C=O) groups excluding carboxylic acids is 2. The molecule has 0 bridgehead atoms. The number of piperidine rings is 1. The molecular weight excluding hydrogens is 447 g/mol. The van der Waals surface area contributed by atoms with Crippen LogP contribution in [0, 0.1) is 0 Å². The lowest BCUT2D eigenvalue weighted by molar-refractivity contribution is -0.115. The summed E-state index contributed by atoms with van der Waals surface area (Å²) in [5, 5.41) is 9.05. The van der Waals surface area contributed by atoms with Crippen LogP contribution < -0.4 is 15.4 Å². The third kappa shape index (κ3) is 6.84. The molecule has 1 fully saturated rings. The van der Waals surface area contributed by atoms with Gasteiger partial charge in [-0.25, -0.2) is 4.98 Å². The highest BCUT2D eigenvalue weighted by molar-refractivity contribution is 7.13. The molecule has 7 nitrogen and oxygen atoms in total. The smallest absolute Gasteiger partial charge is 0.270 e. The molecule has 30 heavy (non-hydrogen) atoms. The second-order valence-electron chi connectivity index (χ2n) is 7.08. The fraction of sp³-hybridized carbons (Fsp3) is 0.450. The van der Waals surface area contributed by atoms with E-state index in [0.717, 1.165) is 38.2 Å². The fourth-order valence-corrected chi connectivity index (χ4v) is 4.05. The Kier molecular flexibility index (Phi) is 8.32. The van der Waals surface area contributed by atoms with E-state index in [-0.39, 0.29) is 24.3 Å². The molecular formula is C20H24Cl2N4O3S. The molecule has 0 saturated carbocycles. The molecule has 0 unspecified atom stereocenters. The summed E-state index contributed by atoms with van der Waals surface area (Å²) in [5.41, 5.74) is 0.361. The largest absolute Gasteiger partial charge is 0.490 e.